The van der Waals surface area contributed by atoms with Crippen molar-refractivity contribution in [2.24, 2.45) is 0 Å². The van der Waals surface area contributed by atoms with Gasteiger partial charge >= 0.3 is 11.9 Å². The van der Waals surface area contributed by atoms with Crippen LogP contribution in [0.1, 0.15) is 37.7 Å². The van der Waals surface area contributed by atoms with E-state index in [1.54, 1.807) is 6.92 Å². The van der Waals surface area contributed by atoms with E-state index in [0.717, 1.165) is 5.56 Å². The van der Waals surface area contributed by atoms with Crippen molar-refractivity contribution in [3.63, 3.8) is 0 Å². The van der Waals surface area contributed by atoms with Crippen LogP contribution in [-0.2, 0) is 15.9 Å². The van der Waals surface area contributed by atoms with Gasteiger partial charge in [0.1, 0.15) is 0 Å². The van der Waals surface area contributed by atoms with Gasteiger partial charge in [-0.3, -0.25) is 4.98 Å². The first-order valence-corrected chi connectivity index (χ1v) is 6.70. The van der Waals surface area contributed by atoms with E-state index in [4.69, 9.17) is 9.47 Å². The number of esters is 2. The first-order valence-electron chi connectivity index (χ1n) is 6.70. The molecule has 0 atom stereocenters. The lowest BCUT2D eigenvalue weighted by Gasteiger charge is -2.12. The molecule has 0 spiro atoms. The second-order valence-electron chi connectivity index (χ2n) is 4.66. The predicted molar refractivity (Wildman–Crippen MR) is 79.7 cm³/mol. The molecule has 5 nitrogen and oxygen atoms in total. The summed E-state index contributed by atoms with van der Waals surface area (Å²) < 4.78 is 9.51. The summed E-state index contributed by atoms with van der Waals surface area (Å²) in [4.78, 5) is 28.4. The Morgan fingerprint density at radius 3 is 2.32 bits per heavy atom. The Morgan fingerprint density at radius 2 is 1.73 bits per heavy atom. The van der Waals surface area contributed by atoms with E-state index >= 15 is 0 Å². The number of aryl methyl sites for hydroxylation is 1. The molecule has 0 aliphatic carbocycles. The van der Waals surface area contributed by atoms with E-state index in [9.17, 15) is 9.59 Å². The molecule has 0 fully saturated rings. The first kappa shape index (κ1) is 15.7. The Labute approximate surface area is 128 Å². The lowest BCUT2D eigenvalue weighted by atomic mass is 10.00. The van der Waals surface area contributed by atoms with Gasteiger partial charge in [-0.2, -0.15) is 0 Å². The van der Waals surface area contributed by atoms with E-state index < -0.39 is 11.9 Å². The minimum Gasteiger partial charge on any atom is -0.465 e. The Morgan fingerprint density at radius 1 is 1.09 bits per heavy atom. The molecule has 0 aliphatic rings. The lowest BCUT2D eigenvalue weighted by molar-refractivity contribution is 0.0553. The highest BCUT2D eigenvalue weighted by atomic mass is 16.5. The Bertz CT molecular complexity index is 695. The largest absolute Gasteiger partial charge is 0.465 e. The predicted octanol–water partition coefficient (Wildman–Crippen LogP) is 2.35. The minimum atomic E-state index is -0.639. The Kier molecular flexibility index (Phi) is 4.88. The molecule has 1 aromatic carbocycles. The van der Waals surface area contributed by atoms with Gasteiger partial charge in [0.05, 0.1) is 31.0 Å². The van der Waals surface area contributed by atoms with Crippen LogP contribution in [-0.4, -0.2) is 31.1 Å². The maximum Gasteiger partial charge on any atom is 0.340 e. The molecule has 0 unspecified atom stereocenters. The number of hydrogen-bond acceptors (Lipinski definition) is 5. The fourth-order valence-corrected chi connectivity index (χ4v) is 2.17. The molecule has 2 rings (SSSR count). The van der Waals surface area contributed by atoms with Gasteiger partial charge in [-0.1, -0.05) is 30.3 Å². The average molecular weight is 298 g/mol. The molecular weight excluding hydrogens is 282 g/mol. The van der Waals surface area contributed by atoms with Crippen LogP contribution in [0.15, 0.2) is 30.3 Å². The highest BCUT2D eigenvalue weighted by molar-refractivity contribution is 6.03. The third-order valence-electron chi connectivity index (χ3n) is 3.14. The summed E-state index contributed by atoms with van der Waals surface area (Å²) in [6.45, 7) is 1.71. The van der Waals surface area contributed by atoms with Crippen LogP contribution in [0.25, 0.3) is 0 Å². The highest BCUT2D eigenvalue weighted by Gasteiger charge is 2.24. The van der Waals surface area contributed by atoms with Crippen LogP contribution < -0.4 is 0 Å². The number of pyridine rings is 1. The summed E-state index contributed by atoms with van der Waals surface area (Å²) in [7, 11) is 2.51. The molecule has 0 aliphatic heterocycles. The fraction of sp³-hybridized carbons (Fsp3) is 0.235. The molecule has 0 saturated heterocycles. The van der Waals surface area contributed by atoms with Gasteiger partial charge in [0.15, 0.2) is 0 Å². The van der Waals surface area contributed by atoms with Gasteiger partial charge < -0.3 is 9.47 Å². The van der Waals surface area contributed by atoms with Crippen LogP contribution in [0.4, 0.5) is 0 Å². The molecule has 5 heteroatoms. The molecule has 0 amide bonds. The zero-order chi connectivity index (χ0) is 16.1. The molecule has 1 aromatic heterocycles. The highest BCUT2D eigenvalue weighted by Crippen LogP contribution is 2.19. The van der Waals surface area contributed by atoms with Gasteiger partial charge in [-0.05, 0) is 12.5 Å². The molecule has 0 bridgehead atoms. The standard InChI is InChI=1S/C17H16NO4/c1-11-9-13(16(19)21-2)15(17(20)22-3)14(18-11)10-12-7-5-4-6-8-12/h4-8H,10H2,1-3H3. The average Bonchev–Trinajstić information content (AvgIpc) is 2.53. The maximum atomic E-state index is 12.1. The molecule has 2 aromatic rings. The zero-order valence-electron chi connectivity index (χ0n) is 12.7. The number of benzene rings is 1. The van der Waals surface area contributed by atoms with Crippen LogP contribution in [0.2, 0.25) is 0 Å². The monoisotopic (exact) mass is 298 g/mol. The second kappa shape index (κ2) is 6.85. The van der Waals surface area contributed by atoms with E-state index in [1.807, 2.05) is 30.3 Å². The molecule has 113 valence electrons. The summed E-state index contributed by atoms with van der Waals surface area (Å²) in [6.07, 6.45) is 0.408. The number of rotatable bonds is 4. The van der Waals surface area contributed by atoms with Crippen molar-refractivity contribution in [1.29, 1.82) is 0 Å². The third-order valence-corrected chi connectivity index (χ3v) is 3.14. The maximum absolute atomic E-state index is 12.1. The molecule has 0 N–H and O–H groups in total. The first-order chi connectivity index (χ1) is 10.6. The van der Waals surface area contributed by atoms with Crippen molar-refractivity contribution in [3.8, 4) is 0 Å². The van der Waals surface area contributed by atoms with Crippen LogP contribution in [0.3, 0.4) is 0 Å². The lowest BCUT2D eigenvalue weighted by Crippen LogP contribution is -2.17. The van der Waals surface area contributed by atoms with E-state index in [0.29, 0.717) is 17.8 Å². The molecule has 1 radical (unpaired) electrons. The van der Waals surface area contributed by atoms with Gasteiger partial charge in [0, 0.05) is 18.2 Å². The number of carbonyl (C=O) groups is 2. The number of methoxy groups -OCH3 is 2. The van der Waals surface area contributed by atoms with E-state index in [-0.39, 0.29) is 11.1 Å². The summed E-state index contributed by atoms with van der Waals surface area (Å²) in [5.41, 5.74) is 2.10. The molecule has 0 saturated carbocycles. The zero-order valence-corrected chi connectivity index (χ0v) is 12.7. The van der Waals surface area contributed by atoms with Crippen molar-refractivity contribution < 1.29 is 19.1 Å². The van der Waals surface area contributed by atoms with Gasteiger partial charge in [0.25, 0.3) is 0 Å². The van der Waals surface area contributed by atoms with Crippen molar-refractivity contribution >= 4 is 11.9 Å². The number of nitrogens with zero attached hydrogens (tertiary/aromatic N) is 1. The number of carbonyl (C=O) groups excluding carboxylic acids is 2. The normalized spacial score (nSPS) is 10.1. The van der Waals surface area contributed by atoms with E-state index in [2.05, 4.69) is 11.1 Å². The molecule has 1 heterocycles. The van der Waals surface area contributed by atoms with Crippen molar-refractivity contribution in [3.05, 3.63) is 64.5 Å². The van der Waals surface area contributed by atoms with Gasteiger partial charge in [0.2, 0.25) is 0 Å². The molecular formula is C17H16NO4. The van der Waals surface area contributed by atoms with Crippen molar-refractivity contribution in [2.75, 3.05) is 14.2 Å². The smallest absolute Gasteiger partial charge is 0.340 e. The Hall–Kier alpha value is -2.69. The number of aromatic nitrogens is 1. The summed E-state index contributed by atoms with van der Waals surface area (Å²) in [5, 5.41) is 0. The van der Waals surface area contributed by atoms with Crippen molar-refractivity contribution in [1.82, 2.24) is 4.98 Å². The quantitative estimate of drug-likeness (QED) is 0.811. The minimum absolute atomic E-state index is 0.0489. The van der Waals surface area contributed by atoms with Gasteiger partial charge in [-0.15, -0.1) is 0 Å². The SMILES string of the molecule is COC(=O)c1[c]c(C)nc(Cc2ccccc2)c1C(=O)OC. The topological polar surface area (TPSA) is 65.5 Å². The van der Waals surface area contributed by atoms with Crippen LogP contribution in [0.5, 0.6) is 0 Å². The van der Waals surface area contributed by atoms with Crippen LogP contribution >= 0.6 is 0 Å². The van der Waals surface area contributed by atoms with Crippen molar-refractivity contribution in [2.45, 2.75) is 13.3 Å². The summed E-state index contributed by atoms with van der Waals surface area (Å²) in [6, 6.07) is 12.3. The van der Waals surface area contributed by atoms with E-state index in [1.165, 1.54) is 14.2 Å². The Balaban J connectivity index is 2.58. The summed E-state index contributed by atoms with van der Waals surface area (Å²) >= 11 is 0. The second-order valence-corrected chi connectivity index (χ2v) is 4.66. The van der Waals surface area contributed by atoms with Gasteiger partial charge in [-0.25, -0.2) is 9.59 Å². The fourth-order valence-electron chi connectivity index (χ4n) is 2.17. The summed E-state index contributed by atoms with van der Waals surface area (Å²) in [5.74, 6) is -1.27. The third kappa shape index (κ3) is 3.31. The molecule has 22 heavy (non-hydrogen) atoms. The number of hydrogen-bond donors (Lipinski definition) is 0. The number of ether oxygens (including phenoxy) is 2. The van der Waals surface area contributed by atoms with Crippen LogP contribution in [0, 0.1) is 13.0 Å².